The molecular weight excluding hydrogens is 681 g/mol. The summed E-state index contributed by atoms with van der Waals surface area (Å²) in [4.78, 5) is 25.5. The molecule has 4 aromatic carbocycles. The fourth-order valence-electron chi connectivity index (χ4n) is 6.68. The molecule has 0 saturated heterocycles. The van der Waals surface area contributed by atoms with E-state index in [0.29, 0.717) is 40.9 Å². The molecule has 52 heavy (non-hydrogen) atoms. The van der Waals surface area contributed by atoms with Gasteiger partial charge in [0.25, 0.3) is 0 Å². The molecule has 0 spiro atoms. The van der Waals surface area contributed by atoms with Gasteiger partial charge in [-0.1, -0.05) is 44.2 Å². The molecule has 2 aliphatic rings. The Morgan fingerprint density at radius 3 is 2.15 bits per heavy atom. The Morgan fingerprint density at radius 1 is 0.788 bits per heavy atom. The molecule has 0 unspecified atom stereocenters. The zero-order chi connectivity index (χ0) is 37.3. The van der Waals surface area contributed by atoms with Crippen LogP contribution in [0.2, 0.25) is 0 Å². The van der Waals surface area contributed by atoms with E-state index in [1.165, 1.54) is 12.1 Å². The zero-order valence-corrected chi connectivity index (χ0v) is 30.0. The number of carboxylic acids is 2. The molecule has 0 saturated carbocycles. The molecule has 1 aliphatic carbocycles. The second-order valence-corrected chi connectivity index (χ2v) is 14.1. The third-order valence-corrected chi connectivity index (χ3v) is 10.0. The Hall–Kier alpha value is -5.78. The topological polar surface area (TPSA) is 151 Å². The van der Waals surface area contributed by atoms with Crippen molar-refractivity contribution in [2.45, 2.75) is 45.4 Å². The first-order valence-corrected chi connectivity index (χ1v) is 18.3. The first-order valence-electron chi connectivity index (χ1n) is 16.9. The van der Waals surface area contributed by atoms with E-state index in [-0.39, 0.29) is 21.6 Å². The lowest BCUT2D eigenvalue weighted by Gasteiger charge is -2.27. The standard InChI is InChI=1S/C41H38N2O8S/c1-5-19-42(34-21-27(40(44)45)13-11-25(34)3)29-15-17-31-36(23-29)51-37-24-30(43(20-6-2)35-22-28(41(46)47)14-12-26(35)4)16-18-32(37)39(31)33-9-7-8-10-38(33)52(48,49)50/h7-18,21-24H,5-6,19-20H2,1-4H3,(H2-,44,45,46,47,48,49,50). The van der Waals surface area contributed by atoms with E-state index in [2.05, 4.69) is 0 Å². The molecular formula is C41H38N2O8S. The van der Waals surface area contributed by atoms with E-state index in [1.54, 1.807) is 48.5 Å². The van der Waals surface area contributed by atoms with Gasteiger partial charge in [0, 0.05) is 70.2 Å². The van der Waals surface area contributed by atoms with Gasteiger partial charge in [-0.05, 0) is 68.3 Å². The van der Waals surface area contributed by atoms with Gasteiger partial charge in [0.2, 0.25) is 11.0 Å². The first-order chi connectivity index (χ1) is 24.8. The lowest BCUT2D eigenvalue weighted by Crippen LogP contribution is -2.27. The van der Waals surface area contributed by atoms with E-state index in [4.69, 9.17) is 4.42 Å². The van der Waals surface area contributed by atoms with Crippen LogP contribution in [-0.2, 0) is 10.1 Å². The molecule has 0 amide bonds. The maximum absolute atomic E-state index is 12.6. The third kappa shape index (κ3) is 6.92. The van der Waals surface area contributed by atoms with Crippen molar-refractivity contribution in [1.29, 1.82) is 0 Å². The van der Waals surface area contributed by atoms with Crippen LogP contribution in [0.4, 0.5) is 17.1 Å². The second-order valence-electron chi connectivity index (χ2n) is 12.7. The average Bonchev–Trinajstić information content (AvgIpc) is 3.11. The summed E-state index contributed by atoms with van der Waals surface area (Å²) in [5.74, 6) is -1.66. The highest BCUT2D eigenvalue weighted by Gasteiger charge is 2.24. The highest BCUT2D eigenvalue weighted by Crippen LogP contribution is 2.43. The summed E-state index contributed by atoms with van der Waals surface area (Å²) in [7, 11) is -4.87. The van der Waals surface area contributed by atoms with Gasteiger partial charge in [0.05, 0.1) is 22.1 Å². The van der Waals surface area contributed by atoms with E-state index in [0.717, 1.165) is 46.4 Å². The second kappa shape index (κ2) is 14.5. The number of anilines is 2. The monoisotopic (exact) mass is 718 g/mol. The molecule has 1 aliphatic heterocycles. The van der Waals surface area contributed by atoms with Gasteiger partial charge < -0.3 is 24.1 Å². The number of aryl methyl sites for hydroxylation is 2. The summed E-state index contributed by atoms with van der Waals surface area (Å²) in [6.07, 6.45) is 1.51. The van der Waals surface area contributed by atoms with Crippen LogP contribution in [0.1, 0.15) is 58.5 Å². The van der Waals surface area contributed by atoms with Crippen molar-refractivity contribution in [3.8, 4) is 22.5 Å². The molecule has 10 nitrogen and oxygen atoms in total. The quantitative estimate of drug-likeness (QED) is 0.0768. The van der Waals surface area contributed by atoms with Crippen molar-refractivity contribution < 1.29 is 37.2 Å². The molecule has 11 heteroatoms. The number of fused-ring (bicyclic) bond motifs is 2. The predicted octanol–water partition coefficient (Wildman–Crippen LogP) is 8.18. The Labute approximate surface area is 301 Å². The van der Waals surface area contributed by atoms with Crippen molar-refractivity contribution in [3.05, 3.63) is 125 Å². The van der Waals surface area contributed by atoms with Gasteiger partial charge in [-0.15, -0.1) is 0 Å². The van der Waals surface area contributed by atoms with Crippen molar-refractivity contribution in [2.75, 3.05) is 18.0 Å². The smallest absolute Gasteiger partial charge is 0.335 e. The van der Waals surface area contributed by atoms with Crippen LogP contribution >= 0.6 is 0 Å². The molecule has 0 radical (unpaired) electrons. The van der Waals surface area contributed by atoms with Gasteiger partial charge >= 0.3 is 11.9 Å². The summed E-state index contributed by atoms with van der Waals surface area (Å²) in [5, 5.41) is 20.8. The minimum atomic E-state index is -4.87. The number of hydrogen-bond donors (Lipinski definition) is 2. The molecule has 0 aromatic heterocycles. The summed E-state index contributed by atoms with van der Waals surface area (Å²) in [6, 6.07) is 27.1. The molecule has 0 bridgehead atoms. The molecule has 266 valence electrons. The predicted molar refractivity (Wildman–Crippen MR) is 200 cm³/mol. The molecule has 1 heterocycles. The lowest BCUT2D eigenvalue weighted by molar-refractivity contribution is 0.0686. The fraction of sp³-hybridized carbons (Fsp3) is 0.195. The van der Waals surface area contributed by atoms with Crippen LogP contribution in [0.5, 0.6) is 0 Å². The maximum Gasteiger partial charge on any atom is 0.335 e. The summed E-state index contributed by atoms with van der Waals surface area (Å²) >= 11 is 0. The van der Waals surface area contributed by atoms with Crippen LogP contribution in [0.3, 0.4) is 0 Å². The summed E-state index contributed by atoms with van der Waals surface area (Å²) in [5.41, 5.74) is 5.97. The summed E-state index contributed by atoms with van der Waals surface area (Å²) in [6.45, 7) is 9.02. The first kappa shape index (κ1) is 36.0. The normalized spacial score (nSPS) is 12.2. The number of benzene rings is 5. The Morgan fingerprint density at radius 2 is 1.48 bits per heavy atom. The number of carbonyl (C=O) groups is 2. The Bertz CT molecular complexity index is 2520. The average molecular weight is 719 g/mol. The maximum atomic E-state index is 12.6. The van der Waals surface area contributed by atoms with Crippen LogP contribution < -0.4 is 14.8 Å². The zero-order valence-electron chi connectivity index (χ0n) is 29.2. The number of nitrogens with zero attached hydrogens (tertiary/aromatic N) is 2. The minimum absolute atomic E-state index is 0.157. The van der Waals surface area contributed by atoms with E-state index >= 15 is 0 Å². The SMILES string of the molecule is CCCN(c1ccc2c(-c3ccccc3S(=O)(=O)[O-])c3ccc(=[N+](CCC)c4cc(C(=O)O)ccc4C)cc-3oc2c1)c1cc(C(=O)O)ccc1C. The molecule has 4 aromatic rings. The number of aromatic carboxylic acids is 2. The van der Waals surface area contributed by atoms with Gasteiger partial charge in [0.1, 0.15) is 28.0 Å². The third-order valence-electron chi connectivity index (χ3n) is 9.13. The number of hydrogen-bond acceptors (Lipinski definition) is 7. The van der Waals surface area contributed by atoms with Gasteiger partial charge in [-0.2, -0.15) is 4.58 Å². The molecule has 2 N–H and O–H groups in total. The van der Waals surface area contributed by atoms with Crippen LogP contribution in [0.15, 0.2) is 106 Å². The van der Waals surface area contributed by atoms with Crippen LogP contribution in [0, 0.1) is 13.8 Å². The fourth-order valence-corrected chi connectivity index (χ4v) is 7.36. The van der Waals surface area contributed by atoms with E-state index < -0.39 is 22.1 Å². The molecule has 0 atom stereocenters. The van der Waals surface area contributed by atoms with Gasteiger partial charge in [0.15, 0.2) is 0 Å². The minimum Gasteiger partial charge on any atom is -0.744 e. The van der Waals surface area contributed by atoms with E-state index in [9.17, 15) is 32.8 Å². The number of carboxylic acid groups (broad SMARTS) is 2. The Kier molecular flexibility index (Phi) is 10.0. The lowest BCUT2D eigenvalue weighted by atomic mass is 9.93. The highest BCUT2D eigenvalue weighted by molar-refractivity contribution is 7.85. The Balaban J connectivity index is 1.70. The van der Waals surface area contributed by atoms with Crippen molar-refractivity contribution >= 4 is 50.1 Å². The molecule has 6 rings (SSSR count). The van der Waals surface area contributed by atoms with Crippen molar-refractivity contribution in [2.24, 2.45) is 0 Å². The molecule has 0 fully saturated rings. The van der Waals surface area contributed by atoms with Crippen LogP contribution in [-0.4, -0.2) is 48.2 Å². The highest BCUT2D eigenvalue weighted by atomic mass is 32.2. The largest absolute Gasteiger partial charge is 0.744 e. The number of rotatable bonds is 11. The van der Waals surface area contributed by atoms with Crippen LogP contribution in [0.25, 0.3) is 33.4 Å². The van der Waals surface area contributed by atoms with Crippen molar-refractivity contribution in [3.63, 3.8) is 0 Å². The van der Waals surface area contributed by atoms with Gasteiger partial charge in [-0.3, -0.25) is 0 Å². The van der Waals surface area contributed by atoms with E-state index in [1.807, 2.05) is 73.6 Å². The van der Waals surface area contributed by atoms with Crippen molar-refractivity contribution in [1.82, 2.24) is 4.58 Å². The summed E-state index contributed by atoms with van der Waals surface area (Å²) < 4.78 is 46.4. The van der Waals surface area contributed by atoms with Gasteiger partial charge in [-0.25, -0.2) is 18.0 Å².